The molecule has 5 heteroatoms. The van der Waals surface area contributed by atoms with Crippen LogP contribution in [-0.2, 0) is 4.74 Å². The Hall–Kier alpha value is -1.59. The van der Waals surface area contributed by atoms with Crippen molar-refractivity contribution in [3.63, 3.8) is 0 Å². The number of allylic oxidation sites excluding steroid dienone is 4. The molecule has 1 aromatic carbocycles. The zero-order chi connectivity index (χ0) is 20.7. The Balaban J connectivity index is 2.25. The van der Waals surface area contributed by atoms with Crippen molar-refractivity contribution in [2.45, 2.75) is 53.1 Å². The summed E-state index contributed by atoms with van der Waals surface area (Å²) < 4.78 is 7.30. The summed E-state index contributed by atoms with van der Waals surface area (Å²) in [7, 11) is 2.00. The first kappa shape index (κ1) is 22.7. The van der Waals surface area contributed by atoms with Crippen molar-refractivity contribution in [3.05, 3.63) is 69.1 Å². The molecule has 0 aliphatic heterocycles. The molecular formula is C23H31BrN2OS. The Kier molecular flexibility index (Phi) is 8.77. The van der Waals surface area contributed by atoms with Crippen molar-refractivity contribution in [3.8, 4) is 0 Å². The number of thiocarbonyl (C=S) groups is 1. The lowest BCUT2D eigenvalue weighted by atomic mass is 10.0. The molecule has 0 heterocycles. The molecule has 1 aliphatic rings. The van der Waals surface area contributed by atoms with Gasteiger partial charge >= 0.3 is 0 Å². The monoisotopic (exact) mass is 462 g/mol. The van der Waals surface area contributed by atoms with Crippen molar-refractivity contribution in [1.82, 2.24) is 10.2 Å². The normalized spacial score (nSPS) is 22.5. The number of nitrogens with one attached hydrogen (secondary N) is 1. The van der Waals surface area contributed by atoms with Gasteiger partial charge in [-0.05, 0) is 104 Å². The Morgan fingerprint density at radius 2 is 2.04 bits per heavy atom. The summed E-state index contributed by atoms with van der Waals surface area (Å²) in [4.78, 5) is 2.03. The average molecular weight is 463 g/mol. The maximum atomic E-state index is 6.37. The fourth-order valence-electron chi connectivity index (χ4n) is 3.05. The van der Waals surface area contributed by atoms with Gasteiger partial charge in [0.25, 0.3) is 0 Å². The van der Waals surface area contributed by atoms with Crippen LogP contribution in [0.4, 0.5) is 0 Å². The molecule has 28 heavy (non-hydrogen) atoms. The van der Waals surface area contributed by atoms with Crippen LogP contribution in [-0.4, -0.2) is 23.6 Å². The van der Waals surface area contributed by atoms with Crippen molar-refractivity contribution in [2.75, 3.05) is 13.6 Å². The minimum atomic E-state index is -0.0251. The highest BCUT2D eigenvalue weighted by Gasteiger charge is 2.16. The predicted octanol–water partition coefficient (Wildman–Crippen LogP) is 6.52. The predicted molar refractivity (Wildman–Crippen MR) is 126 cm³/mol. The number of hydrogen-bond donors (Lipinski definition) is 1. The Labute approximate surface area is 183 Å². The fourth-order valence-corrected chi connectivity index (χ4v) is 3.78. The van der Waals surface area contributed by atoms with E-state index in [0.29, 0.717) is 0 Å². The SMILES string of the molecule is CCN(C)C(=S)NC1=C(\C)CCC/C=C(OC(C)c2ccccc2C)/C(Br)=C\1. The van der Waals surface area contributed by atoms with E-state index < -0.39 is 0 Å². The van der Waals surface area contributed by atoms with Gasteiger partial charge in [-0.15, -0.1) is 0 Å². The van der Waals surface area contributed by atoms with Gasteiger partial charge in [-0.25, -0.2) is 0 Å². The Morgan fingerprint density at radius 3 is 2.71 bits per heavy atom. The van der Waals surface area contributed by atoms with Crippen molar-refractivity contribution in [1.29, 1.82) is 0 Å². The van der Waals surface area contributed by atoms with Crippen LogP contribution in [0, 0.1) is 6.92 Å². The van der Waals surface area contributed by atoms with Gasteiger partial charge in [-0.3, -0.25) is 0 Å². The van der Waals surface area contributed by atoms with E-state index in [4.69, 9.17) is 17.0 Å². The molecule has 0 radical (unpaired) electrons. The lowest BCUT2D eigenvalue weighted by Crippen LogP contribution is -2.36. The van der Waals surface area contributed by atoms with E-state index in [1.165, 1.54) is 16.7 Å². The molecule has 0 fully saturated rings. The summed E-state index contributed by atoms with van der Waals surface area (Å²) in [6, 6.07) is 8.37. The average Bonchev–Trinajstić information content (AvgIpc) is 2.73. The molecule has 152 valence electrons. The largest absolute Gasteiger partial charge is 0.485 e. The fraction of sp³-hybridized carbons (Fsp3) is 0.435. The van der Waals surface area contributed by atoms with E-state index >= 15 is 0 Å². The Bertz CT molecular complexity index is 798. The van der Waals surface area contributed by atoms with Crippen LogP contribution >= 0.6 is 28.1 Å². The number of aryl methyl sites for hydroxylation is 1. The van der Waals surface area contributed by atoms with Gasteiger partial charge in [0, 0.05) is 19.3 Å². The van der Waals surface area contributed by atoms with Crippen LogP contribution in [0.15, 0.2) is 57.9 Å². The molecule has 0 spiro atoms. The molecule has 2 rings (SSSR count). The van der Waals surface area contributed by atoms with Crippen LogP contribution in [0.3, 0.4) is 0 Å². The van der Waals surface area contributed by atoms with E-state index in [2.05, 4.69) is 85.4 Å². The first-order chi connectivity index (χ1) is 13.3. The van der Waals surface area contributed by atoms with Gasteiger partial charge in [0.15, 0.2) is 5.11 Å². The Morgan fingerprint density at radius 1 is 1.32 bits per heavy atom. The molecular weight excluding hydrogens is 432 g/mol. The zero-order valence-electron chi connectivity index (χ0n) is 17.5. The summed E-state index contributed by atoms with van der Waals surface area (Å²) in [5, 5.41) is 4.14. The second kappa shape index (κ2) is 10.8. The molecule has 1 aromatic rings. The van der Waals surface area contributed by atoms with Gasteiger partial charge in [0.1, 0.15) is 11.9 Å². The van der Waals surface area contributed by atoms with Crippen LogP contribution in [0.25, 0.3) is 0 Å². The van der Waals surface area contributed by atoms with Crippen LogP contribution in [0.5, 0.6) is 0 Å². The van der Waals surface area contributed by atoms with Gasteiger partial charge < -0.3 is 15.0 Å². The van der Waals surface area contributed by atoms with Crippen LogP contribution in [0.1, 0.15) is 57.3 Å². The minimum absolute atomic E-state index is 0.0251. The quantitative estimate of drug-likeness (QED) is 0.503. The van der Waals surface area contributed by atoms with Gasteiger partial charge in [-0.1, -0.05) is 24.3 Å². The topological polar surface area (TPSA) is 24.5 Å². The second-order valence-corrected chi connectivity index (χ2v) is 8.45. The summed E-state index contributed by atoms with van der Waals surface area (Å²) in [5.41, 5.74) is 4.78. The molecule has 1 unspecified atom stereocenters. The maximum Gasteiger partial charge on any atom is 0.173 e. The van der Waals surface area contributed by atoms with Crippen molar-refractivity contribution in [2.24, 2.45) is 0 Å². The van der Waals surface area contributed by atoms with Gasteiger partial charge in [0.2, 0.25) is 0 Å². The number of halogens is 1. The maximum absolute atomic E-state index is 6.37. The molecule has 1 N–H and O–H groups in total. The highest BCUT2D eigenvalue weighted by Crippen LogP contribution is 2.31. The molecule has 0 amide bonds. The van der Waals surface area contributed by atoms with Crippen molar-refractivity contribution >= 4 is 33.3 Å². The number of benzene rings is 1. The zero-order valence-corrected chi connectivity index (χ0v) is 19.9. The molecule has 0 saturated carbocycles. The summed E-state index contributed by atoms with van der Waals surface area (Å²) >= 11 is 9.27. The van der Waals surface area contributed by atoms with Crippen LogP contribution in [0.2, 0.25) is 0 Å². The highest BCUT2D eigenvalue weighted by atomic mass is 79.9. The third-order valence-electron chi connectivity index (χ3n) is 5.04. The molecule has 0 bridgehead atoms. The van der Waals surface area contributed by atoms with Gasteiger partial charge in [-0.2, -0.15) is 0 Å². The van der Waals surface area contributed by atoms with E-state index in [-0.39, 0.29) is 6.10 Å². The first-order valence-electron chi connectivity index (χ1n) is 9.85. The molecule has 1 aliphatic carbocycles. The number of ether oxygens (including phenoxy) is 1. The molecule has 3 nitrogen and oxygen atoms in total. The molecule has 1 atom stereocenters. The van der Waals surface area contributed by atoms with E-state index in [0.717, 1.165) is 46.9 Å². The highest BCUT2D eigenvalue weighted by molar-refractivity contribution is 9.12. The lowest BCUT2D eigenvalue weighted by Gasteiger charge is -2.22. The third-order valence-corrected chi connectivity index (χ3v) is 6.08. The molecule has 0 aromatic heterocycles. The number of nitrogens with zero attached hydrogens (tertiary/aromatic N) is 1. The van der Waals surface area contributed by atoms with E-state index in [9.17, 15) is 0 Å². The summed E-state index contributed by atoms with van der Waals surface area (Å²) in [6.07, 6.45) is 7.32. The number of hydrogen-bond acceptors (Lipinski definition) is 2. The van der Waals surface area contributed by atoms with Gasteiger partial charge in [0.05, 0.1) is 4.48 Å². The second-order valence-electron chi connectivity index (χ2n) is 7.21. The third kappa shape index (κ3) is 6.21. The molecule has 0 saturated heterocycles. The van der Waals surface area contributed by atoms with Crippen molar-refractivity contribution < 1.29 is 4.74 Å². The smallest absolute Gasteiger partial charge is 0.173 e. The first-order valence-corrected chi connectivity index (χ1v) is 11.0. The van der Waals surface area contributed by atoms with E-state index in [1.54, 1.807) is 0 Å². The summed E-state index contributed by atoms with van der Waals surface area (Å²) in [5.74, 6) is 0.875. The van der Waals surface area contributed by atoms with E-state index in [1.807, 2.05) is 11.9 Å². The minimum Gasteiger partial charge on any atom is -0.485 e. The van der Waals surface area contributed by atoms with Crippen LogP contribution < -0.4 is 5.32 Å². The summed E-state index contributed by atoms with van der Waals surface area (Å²) in [6.45, 7) is 9.34. The standard InChI is InChI=1S/C23H31BrN2OS/c1-6-26(5)23(28)25-21-15-20(24)22(14-10-8-12-17(21)3)27-18(4)19-13-9-7-11-16(19)2/h7,9,11,13-15,18H,6,8,10,12H2,1-5H3,(H,25,28)/b20-15+,21-17+,22-14-. The lowest BCUT2D eigenvalue weighted by molar-refractivity contribution is 0.141. The number of rotatable bonds is 5.